The molecule has 0 radical (unpaired) electrons. The number of hydrogen-bond donors (Lipinski definition) is 1. The van der Waals surface area contributed by atoms with Crippen LogP contribution in [0.1, 0.15) is 18.4 Å². The van der Waals surface area contributed by atoms with E-state index in [0.717, 1.165) is 18.9 Å². The fraction of sp³-hybridized carbons (Fsp3) is 0.583. The Hall–Kier alpha value is -1.50. The van der Waals surface area contributed by atoms with Crippen molar-refractivity contribution in [2.75, 3.05) is 25.1 Å². The van der Waals surface area contributed by atoms with E-state index in [0.29, 0.717) is 18.9 Å². The number of aromatic nitrogens is 1. The van der Waals surface area contributed by atoms with Gasteiger partial charge in [0.15, 0.2) is 0 Å². The molecule has 1 aromatic heterocycles. The van der Waals surface area contributed by atoms with Gasteiger partial charge < -0.3 is 15.4 Å². The van der Waals surface area contributed by atoms with E-state index >= 15 is 0 Å². The maximum absolute atomic E-state index is 12.7. The molecule has 1 aliphatic rings. The van der Waals surface area contributed by atoms with Crippen molar-refractivity contribution in [1.29, 1.82) is 0 Å². The Morgan fingerprint density at radius 2 is 1.95 bits per heavy atom. The molecular formula is C12H16F3N3O. The summed E-state index contributed by atoms with van der Waals surface area (Å²) in [5.41, 5.74) is 4.94. The molecule has 7 heteroatoms. The lowest BCUT2D eigenvalue weighted by molar-refractivity contribution is -0.139. The maximum atomic E-state index is 12.7. The molecule has 1 saturated heterocycles. The third kappa shape index (κ3) is 3.09. The predicted octanol–water partition coefficient (Wildman–Crippen LogP) is 2.04. The number of piperidine rings is 1. The molecule has 0 aliphatic carbocycles. The van der Waals surface area contributed by atoms with Crippen molar-refractivity contribution >= 4 is 5.82 Å². The zero-order chi connectivity index (χ0) is 14.0. The number of rotatable bonds is 2. The van der Waals surface area contributed by atoms with E-state index in [1.165, 1.54) is 13.2 Å². The number of pyridine rings is 1. The molecule has 4 nitrogen and oxygen atoms in total. The topological polar surface area (TPSA) is 51.4 Å². The van der Waals surface area contributed by atoms with Crippen LogP contribution in [0.4, 0.5) is 19.0 Å². The molecule has 1 aromatic rings. The fourth-order valence-corrected chi connectivity index (χ4v) is 2.11. The summed E-state index contributed by atoms with van der Waals surface area (Å²) in [7, 11) is 1.19. The molecule has 0 saturated carbocycles. The normalized spacial score (nSPS) is 17.6. The Labute approximate surface area is 109 Å². The number of ether oxygens (including phenoxy) is 1. The molecule has 0 unspecified atom stereocenters. The van der Waals surface area contributed by atoms with E-state index in [2.05, 4.69) is 4.98 Å². The highest BCUT2D eigenvalue weighted by atomic mass is 19.4. The fourth-order valence-electron chi connectivity index (χ4n) is 2.11. The van der Waals surface area contributed by atoms with Gasteiger partial charge in [-0.3, -0.25) is 0 Å². The molecule has 106 valence electrons. The van der Waals surface area contributed by atoms with E-state index in [4.69, 9.17) is 10.5 Å². The molecule has 0 aromatic carbocycles. The Bertz CT molecular complexity index is 442. The summed E-state index contributed by atoms with van der Waals surface area (Å²) >= 11 is 0. The van der Waals surface area contributed by atoms with Crippen LogP contribution < -0.4 is 15.4 Å². The average Bonchev–Trinajstić information content (AvgIpc) is 2.38. The highest BCUT2D eigenvalue weighted by Crippen LogP contribution is 2.36. The lowest BCUT2D eigenvalue weighted by Gasteiger charge is -2.31. The molecule has 2 heterocycles. The second-order valence-electron chi connectivity index (χ2n) is 4.55. The highest BCUT2D eigenvalue weighted by molar-refractivity contribution is 5.45. The van der Waals surface area contributed by atoms with E-state index in [1.807, 2.05) is 4.90 Å². The minimum Gasteiger partial charge on any atom is -0.481 e. The summed E-state index contributed by atoms with van der Waals surface area (Å²) in [6, 6.07) is 2.55. The van der Waals surface area contributed by atoms with Crippen LogP contribution in [-0.2, 0) is 6.18 Å². The molecule has 0 amide bonds. The summed E-state index contributed by atoms with van der Waals surface area (Å²) in [5.74, 6) is 0.108. The minimum atomic E-state index is -4.46. The predicted molar refractivity (Wildman–Crippen MR) is 65.2 cm³/mol. The van der Waals surface area contributed by atoms with Gasteiger partial charge in [0.25, 0.3) is 0 Å². The quantitative estimate of drug-likeness (QED) is 0.897. The number of methoxy groups -OCH3 is 1. The summed E-state index contributed by atoms with van der Waals surface area (Å²) in [5, 5.41) is 0. The number of nitrogens with zero attached hydrogens (tertiary/aromatic N) is 2. The van der Waals surface area contributed by atoms with Crippen LogP contribution in [-0.4, -0.2) is 31.2 Å². The number of nitrogens with two attached hydrogens (primary N) is 1. The Morgan fingerprint density at radius 1 is 1.32 bits per heavy atom. The first-order chi connectivity index (χ1) is 8.91. The zero-order valence-corrected chi connectivity index (χ0v) is 10.6. The molecule has 1 aliphatic heterocycles. The van der Waals surface area contributed by atoms with Crippen LogP contribution in [0.5, 0.6) is 5.88 Å². The summed E-state index contributed by atoms with van der Waals surface area (Å²) < 4.78 is 42.9. The van der Waals surface area contributed by atoms with Gasteiger partial charge in [0.2, 0.25) is 5.88 Å². The van der Waals surface area contributed by atoms with Crippen molar-refractivity contribution in [2.24, 2.45) is 5.73 Å². The molecule has 0 bridgehead atoms. The van der Waals surface area contributed by atoms with Crippen LogP contribution >= 0.6 is 0 Å². The Balaban J connectivity index is 2.24. The molecular weight excluding hydrogens is 259 g/mol. The van der Waals surface area contributed by atoms with E-state index in [9.17, 15) is 13.2 Å². The van der Waals surface area contributed by atoms with Crippen molar-refractivity contribution in [3.05, 3.63) is 17.7 Å². The van der Waals surface area contributed by atoms with Gasteiger partial charge in [-0.15, -0.1) is 0 Å². The van der Waals surface area contributed by atoms with Gasteiger partial charge in [-0.2, -0.15) is 18.2 Å². The number of halogens is 3. The van der Waals surface area contributed by atoms with Gasteiger partial charge in [0, 0.05) is 19.1 Å². The van der Waals surface area contributed by atoms with Crippen molar-refractivity contribution < 1.29 is 17.9 Å². The maximum Gasteiger partial charge on any atom is 0.421 e. The van der Waals surface area contributed by atoms with Crippen molar-refractivity contribution in [1.82, 2.24) is 4.98 Å². The van der Waals surface area contributed by atoms with Gasteiger partial charge in [0.05, 0.1) is 7.11 Å². The first-order valence-corrected chi connectivity index (χ1v) is 6.04. The second kappa shape index (κ2) is 5.24. The monoisotopic (exact) mass is 275 g/mol. The molecule has 2 N–H and O–H groups in total. The van der Waals surface area contributed by atoms with Gasteiger partial charge in [0.1, 0.15) is 11.4 Å². The Morgan fingerprint density at radius 3 is 2.47 bits per heavy atom. The number of alkyl halides is 3. The molecule has 19 heavy (non-hydrogen) atoms. The van der Waals surface area contributed by atoms with E-state index < -0.39 is 11.7 Å². The standard InChI is InChI=1S/C12H16F3N3O/c1-19-11-9(12(13,14)15)2-3-10(17-11)18-6-4-8(16)5-7-18/h2-3,8H,4-7,16H2,1H3. The summed E-state index contributed by atoms with van der Waals surface area (Å²) in [6.45, 7) is 1.39. The van der Waals surface area contributed by atoms with Gasteiger partial charge in [-0.1, -0.05) is 0 Å². The van der Waals surface area contributed by atoms with Crippen LogP contribution in [0, 0.1) is 0 Å². The van der Waals surface area contributed by atoms with Gasteiger partial charge in [-0.05, 0) is 25.0 Å². The minimum absolute atomic E-state index is 0.160. The SMILES string of the molecule is COc1nc(N2CCC(N)CC2)ccc1C(F)(F)F. The first-order valence-electron chi connectivity index (χ1n) is 6.04. The van der Waals surface area contributed by atoms with Crippen LogP contribution in [0.25, 0.3) is 0 Å². The lowest BCUT2D eigenvalue weighted by Crippen LogP contribution is -2.40. The third-order valence-corrected chi connectivity index (χ3v) is 3.21. The largest absolute Gasteiger partial charge is 0.481 e. The number of hydrogen-bond acceptors (Lipinski definition) is 4. The van der Waals surface area contributed by atoms with Crippen molar-refractivity contribution in [3.63, 3.8) is 0 Å². The lowest BCUT2D eigenvalue weighted by atomic mass is 10.1. The Kier molecular flexibility index (Phi) is 3.84. The molecule has 0 atom stereocenters. The van der Waals surface area contributed by atoms with Crippen LogP contribution in [0.15, 0.2) is 12.1 Å². The number of anilines is 1. The smallest absolute Gasteiger partial charge is 0.421 e. The summed E-state index contributed by atoms with van der Waals surface area (Å²) in [6.07, 6.45) is -2.84. The van der Waals surface area contributed by atoms with Crippen molar-refractivity contribution in [2.45, 2.75) is 25.1 Å². The first kappa shape index (κ1) is 13.9. The van der Waals surface area contributed by atoms with Crippen molar-refractivity contribution in [3.8, 4) is 5.88 Å². The summed E-state index contributed by atoms with van der Waals surface area (Å²) in [4.78, 5) is 5.87. The van der Waals surface area contributed by atoms with E-state index in [1.54, 1.807) is 0 Å². The third-order valence-electron chi connectivity index (χ3n) is 3.21. The van der Waals surface area contributed by atoms with Crippen LogP contribution in [0.2, 0.25) is 0 Å². The van der Waals surface area contributed by atoms with Gasteiger partial charge >= 0.3 is 6.18 Å². The molecule has 2 rings (SSSR count). The van der Waals surface area contributed by atoms with Gasteiger partial charge in [-0.25, -0.2) is 0 Å². The van der Waals surface area contributed by atoms with E-state index in [-0.39, 0.29) is 11.9 Å². The highest BCUT2D eigenvalue weighted by Gasteiger charge is 2.35. The molecule has 0 spiro atoms. The van der Waals surface area contributed by atoms with Crippen LogP contribution in [0.3, 0.4) is 0 Å². The second-order valence-corrected chi connectivity index (χ2v) is 4.55. The zero-order valence-electron chi connectivity index (χ0n) is 10.6. The average molecular weight is 275 g/mol. The molecule has 1 fully saturated rings.